The number of allylic oxidation sites excluding steroid dienone is 10. The van der Waals surface area contributed by atoms with Gasteiger partial charge in [-0.3, -0.25) is 0 Å². The Morgan fingerprint density at radius 2 is 1.22 bits per heavy atom. The van der Waals surface area contributed by atoms with Gasteiger partial charge in [-0.15, -0.1) is 0 Å². The molecular weight excluding hydrogens is 276 g/mol. The van der Waals surface area contributed by atoms with E-state index in [-0.39, 0.29) is 0 Å². The van der Waals surface area contributed by atoms with Gasteiger partial charge in [0.15, 0.2) is 0 Å². The van der Waals surface area contributed by atoms with Crippen LogP contribution in [0.15, 0.2) is 60.8 Å². The van der Waals surface area contributed by atoms with E-state index in [0.29, 0.717) is 5.41 Å². The molecule has 23 heavy (non-hydrogen) atoms. The van der Waals surface area contributed by atoms with E-state index in [2.05, 4.69) is 67.7 Å². The van der Waals surface area contributed by atoms with E-state index in [4.69, 9.17) is 0 Å². The van der Waals surface area contributed by atoms with E-state index in [1.807, 2.05) is 0 Å². The molecule has 0 amide bonds. The maximum atomic E-state index is 2.46. The first-order valence-electron chi connectivity index (χ1n) is 9.67. The fraction of sp³-hybridized carbons (Fsp3) is 0.565. The minimum absolute atomic E-state index is 0.671. The van der Waals surface area contributed by atoms with Crippen LogP contribution in [-0.2, 0) is 0 Å². The molecule has 0 heteroatoms. The lowest BCUT2D eigenvalue weighted by molar-refractivity contribution is 0.388. The smallest absolute Gasteiger partial charge is 0.00445 e. The molecule has 6 rings (SSSR count). The molecule has 0 spiro atoms. The lowest BCUT2D eigenvalue weighted by atomic mass is 9.85. The molecule has 0 radical (unpaired) electrons. The van der Waals surface area contributed by atoms with Gasteiger partial charge in [-0.1, -0.05) is 67.7 Å². The molecule has 1 fully saturated rings. The van der Waals surface area contributed by atoms with Gasteiger partial charge < -0.3 is 0 Å². The van der Waals surface area contributed by atoms with Gasteiger partial charge in [0.1, 0.15) is 0 Å². The van der Waals surface area contributed by atoms with Crippen LogP contribution >= 0.6 is 0 Å². The van der Waals surface area contributed by atoms with Crippen LogP contribution in [0.25, 0.3) is 0 Å². The zero-order valence-corrected chi connectivity index (χ0v) is 14.4. The van der Waals surface area contributed by atoms with Crippen LogP contribution in [0.5, 0.6) is 0 Å². The molecule has 0 aromatic rings. The quantitative estimate of drug-likeness (QED) is 0.502. The Morgan fingerprint density at radius 1 is 0.739 bits per heavy atom. The molecule has 0 aromatic carbocycles. The van der Waals surface area contributed by atoms with Gasteiger partial charge in [0, 0.05) is 0 Å². The summed E-state index contributed by atoms with van der Waals surface area (Å²) in [6, 6.07) is 0. The summed E-state index contributed by atoms with van der Waals surface area (Å²) in [7, 11) is 0. The minimum atomic E-state index is 0.671. The van der Waals surface area contributed by atoms with Gasteiger partial charge in [0.2, 0.25) is 0 Å². The van der Waals surface area contributed by atoms with Crippen LogP contribution in [0.3, 0.4) is 0 Å². The van der Waals surface area contributed by atoms with Crippen LogP contribution in [0.4, 0.5) is 0 Å². The second-order valence-electron chi connectivity index (χ2n) is 8.24. The van der Waals surface area contributed by atoms with Gasteiger partial charge >= 0.3 is 0 Å². The van der Waals surface area contributed by atoms with Crippen LogP contribution in [0.1, 0.15) is 45.4 Å². The van der Waals surface area contributed by atoms with E-state index in [1.165, 1.54) is 38.5 Å². The normalized spacial score (nSPS) is 44.7. The SMILES string of the molecule is C1=CC2C=CC1C2.C1=CC2C=CC1C2.CCC12C=CC(CC1)C2. The molecule has 0 aliphatic heterocycles. The van der Waals surface area contributed by atoms with Crippen LogP contribution < -0.4 is 0 Å². The van der Waals surface area contributed by atoms with Crippen LogP contribution in [0, 0.1) is 35.0 Å². The molecule has 6 aliphatic rings. The molecule has 0 N–H and O–H groups in total. The Balaban J connectivity index is 0.0000000891. The van der Waals surface area contributed by atoms with Gasteiger partial charge in [-0.25, -0.2) is 0 Å². The fourth-order valence-electron chi connectivity index (χ4n) is 4.95. The van der Waals surface area contributed by atoms with Crippen LogP contribution in [0.2, 0.25) is 0 Å². The summed E-state index contributed by atoms with van der Waals surface area (Å²) >= 11 is 0. The van der Waals surface area contributed by atoms with E-state index >= 15 is 0 Å². The second-order valence-corrected chi connectivity index (χ2v) is 8.24. The summed E-state index contributed by atoms with van der Waals surface area (Å²) < 4.78 is 0. The van der Waals surface area contributed by atoms with Crippen molar-refractivity contribution in [2.75, 3.05) is 0 Å². The highest BCUT2D eigenvalue weighted by molar-refractivity contribution is 5.22. The predicted molar refractivity (Wildman–Crippen MR) is 99.0 cm³/mol. The van der Waals surface area contributed by atoms with Crippen molar-refractivity contribution in [2.24, 2.45) is 35.0 Å². The van der Waals surface area contributed by atoms with Gasteiger partial charge in [-0.2, -0.15) is 0 Å². The largest absolute Gasteiger partial charge is 0.0848 e. The van der Waals surface area contributed by atoms with Crippen molar-refractivity contribution in [3.63, 3.8) is 0 Å². The van der Waals surface area contributed by atoms with E-state index in [0.717, 1.165) is 29.6 Å². The Morgan fingerprint density at radius 3 is 1.35 bits per heavy atom. The van der Waals surface area contributed by atoms with E-state index in [9.17, 15) is 0 Å². The molecule has 2 unspecified atom stereocenters. The topological polar surface area (TPSA) is 0 Å². The van der Waals surface area contributed by atoms with E-state index < -0.39 is 0 Å². The van der Waals surface area contributed by atoms with Crippen molar-refractivity contribution in [3.05, 3.63) is 60.8 Å². The third-order valence-corrected chi connectivity index (χ3v) is 6.62. The summed E-state index contributed by atoms with van der Waals surface area (Å²) in [4.78, 5) is 0. The van der Waals surface area contributed by atoms with Crippen molar-refractivity contribution >= 4 is 0 Å². The van der Waals surface area contributed by atoms with E-state index in [1.54, 1.807) is 0 Å². The highest BCUT2D eigenvalue weighted by atomic mass is 14.4. The summed E-state index contributed by atoms with van der Waals surface area (Å²) in [5.41, 5.74) is 0.671. The van der Waals surface area contributed by atoms with Gasteiger partial charge in [-0.05, 0) is 73.5 Å². The molecule has 2 atom stereocenters. The fourth-order valence-corrected chi connectivity index (χ4v) is 4.95. The molecule has 122 valence electrons. The lowest BCUT2D eigenvalue weighted by Gasteiger charge is -2.19. The molecule has 0 nitrogen and oxygen atoms in total. The molecule has 0 saturated heterocycles. The summed E-state index contributed by atoms with van der Waals surface area (Å²) in [6.45, 7) is 2.32. The first-order valence-corrected chi connectivity index (χ1v) is 9.67. The van der Waals surface area contributed by atoms with Gasteiger partial charge in [0.05, 0.1) is 0 Å². The van der Waals surface area contributed by atoms with Crippen molar-refractivity contribution in [1.29, 1.82) is 0 Å². The third kappa shape index (κ3) is 3.32. The second kappa shape index (κ2) is 6.30. The molecule has 0 heterocycles. The average molecular weight is 306 g/mol. The zero-order valence-electron chi connectivity index (χ0n) is 14.4. The first kappa shape index (κ1) is 15.2. The molecular formula is C23H30. The monoisotopic (exact) mass is 306 g/mol. The number of fused-ring (bicyclic) bond motifs is 6. The van der Waals surface area contributed by atoms with Crippen LogP contribution in [-0.4, -0.2) is 0 Å². The molecule has 0 aromatic heterocycles. The summed E-state index contributed by atoms with van der Waals surface area (Å²) in [5, 5.41) is 0. The molecule has 6 bridgehead atoms. The zero-order chi connectivity index (χ0) is 15.7. The van der Waals surface area contributed by atoms with Crippen molar-refractivity contribution in [1.82, 2.24) is 0 Å². The Hall–Kier alpha value is -1.30. The summed E-state index contributed by atoms with van der Waals surface area (Å²) in [5.74, 6) is 4.20. The maximum absolute atomic E-state index is 2.46. The average Bonchev–Trinajstić information content (AvgIpc) is 3.45. The first-order chi connectivity index (χ1) is 11.2. The third-order valence-electron chi connectivity index (χ3n) is 6.62. The lowest BCUT2D eigenvalue weighted by Crippen LogP contribution is -2.08. The molecule has 1 saturated carbocycles. The number of rotatable bonds is 1. The predicted octanol–water partition coefficient (Wildman–Crippen LogP) is 6.25. The standard InChI is InChI=1S/C9H14.2C7H8/c1-2-9-5-3-8(7-9)4-6-9;2*1-2-7-4-3-6(1)5-7/h3,5,8H,2,4,6-7H2,1H3;2*1-4,6-7H,5H2. The maximum Gasteiger partial charge on any atom is -0.00445 e. The Kier molecular flexibility index (Phi) is 4.18. The minimum Gasteiger partial charge on any atom is -0.0848 e. The Bertz CT molecular complexity index is 483. The summed E-state index contributed by atoms with van der Waals surface area (Å²) in [6.07, 6.45) is 31.7. The highest BCUT2D eigenvalue weighted by Crippen LogP contribution is 2.50. The number of hydrogen-bond acceptors (Lipinski definition) is 0. The van der Waals surface area contributed by atoms with Crippen molar-refractivity contribution < 1.29 is 0 Å². The highest BCUT2D eigenvalue weighted by Gasteiger charge is 2.38. The van der Waals surface area contributed by atoms with Gasteiger partial charge in [0.25, 0.3) is 0 Å². The Labute approximate surface area is 141 Å². The van der Waals surface area contributed by atoms with Crippen molar-refractivity contribution in [3.8, 4) is 0 Å². The number of hydrogen-bond donors (Lipinski definition) is 0. The van der Waals surface area contributed by atoms with Crippen molar-refractivity contribution in [2.45, 2.75) is 45.4 Å². The molecule has 6 aliphatic carbocycles.